The molecule has 0 spiro atoms. The van der Waals surface area contributed by atoms with E-state index in [0.29, 0.717) is 13.0 Å². The molecule has 110 valence electrons. The normalized spacial score (nSPS) is 19.0. The summed E-state index contributed by atoms with van der Waals surface area (Å²) in [6, 6.07) is 0.287. The Hall–Kier alpha value is -1.10. The first-order valence-corrected chi connectivity index (χ1v) is 7.26. The Bertz CT molecular complexity index is 299. The van der Waals surface area contributed by atoms with Gasteiger partial charge in [-0.25, -0.2) is 0 Å². The molecule has 1 rings (SSSR count). The van der Waals surface area contributed by atoms with Crippen LogP contribution in [0.25, 0.3) is 0 Å². The van der Waals surface area contributed by atoms with Crippen LogP contribution in [-0.2, 0) is 9.59 Å². The maximum absolute atomic E-state index is 12.3. The van der Waals surface area contributed by atoms with Crippen molar-refractivity contribution in [3.63, 3.8) is 0 Å². The van der Waals surface area contributed by atoms with Crippen molar-refractivity contribution in [2.24, 2.45) is 0 Å². The minimum absolute atomic E-state index is 0.0154. The summed E-state index contributed by atoms with van der Waals surface area (Å²) in [6.45, 7) is 3.89. The summed E-state index contributed by atoms with van der Waals surface area (Å²) >= 11 is 0. The molecule has 1 saturated heterocycles. The molecule has 1 N–H and O–H groups in total. The fourth-order valence-corrected chi connectivity index (χ4v) is 2.30. The van der Waals surface area contributed by atoms with Crippen LogP contribution in [0.2, 0.25) is 0 Å². The SMILES string of the molecule is CCCN(CC(=O)N(C)C)C(=O)CC1CCCCN1. The van der Waals surface area contributed by atoms with Crippen molar-refractivity contribution in [3.8, 4) is 0 Å². The van der Waals surface area contributed by atoms with Gasteiger partial charge in [-0.15, -0.1) is 0 Å². The third kappa shape index (κ3) is 5.59. The number of carbonyl (C=O) groups excluding carboxylic acids is 2. The van der Waals surface area contributed by atoms with E-state index in [0.717, 1.165) is 19.4 Å². The maximum atomic E-state index is 12.3. The summed E-state index contributed by atoms with van der Waals surface area (Å²) in [5.41, 5.74) is 0. The quantitative estimate of drug-likeness (QED) is 0.777. The van der Waals surface area contributed by atoms with Gasteiger partial charge in [0.15, 0.2) is 0 Å². The second-order valence-electron chi connectivity index (χ2n) is 5.45. The Morgan fingerprint density at radius 3 is 2.47 bits per heavy atom. The average molecular weight is 269 g/mol. The predicted octanol–water partition coefficient (Wildman–Crippen LogP) is 0.845. The molecule has 1 atom stereocenters. The number of amides is 2. The second-order valence-corrected chi connectivity index (χ2v) is 5.45. The summed E-state index contributed by atoms with van der Waals surface area (Å²) in [5, 5.41) is 3.38. The van der Waals surface area contributed by atoms with E-state index >= 15 is 0 Å². The summed E-state index contributed by atoms with van der Waals surface area (Å²) in [7, 11) is 3.44. The highest BCUT2D eigenvalue weighted by atomic mass is 16.2. The third-order valence-corrected chi connectivity index (χ3v) is 3.50. The monoisotopic (exact) mass is 269 g/mol. The molecule has 0 aliphatic carbocycles. The van der Waals surface area contributed by atoms with E-state index in [1.54, 1.807) is 19.0 Å². The molecule has 2 amide bonds. The lowest BCUT2D eigenvalue weighted by molar-refractivity contribution is -0.139. The van der Waals surface area contributed by atoms with Crippen LogP contribution < -0.4 is 5.32 Å². The summed E-state index contributed by atoms with van der Waals surface area (Å²) in [4.78, 5) is 27.2. The van der Waals surface area contributed by atoms with Crippen molar-refractivity contribution < 1.29 is 9.59 Å². The van der Waals surface area contributed by atoms with Gasteiger partial charge in [-0.05, 0) is 25.8 Å². The van der Waals surface area contributed by atoms with Crippen molar-refractivity contribution in [1.82, 2.24) is 15.1 Å². The highest BCUT2D eigenvalue weighted by molar-refractivity contribution is 5.84. The van der Waals surface area contributed by atoms with Gasteiger partial charge in [-0.3, -0.25) is 9.59 Å². The number of carbonyl (C=O) groups is 2. The molecule has 0 aromatic heterocycles. The minimum atomic E-state index is -0.0154. The Morgan fingerprint density at radius 1 is 1.21 bits per heavy atom. The lowest BCUT2D eigenvalue weighted by Crippen LogP contribution is -2.44. The van der Waals surface area contributed by atoms with Crippen LogP contribution in [-0.4, -0.2) is 61.4 Å². The number of hydrogen-bond donors (Lipinski definition) is 1. The maximum Gasteiger partial charge on any atom is 0.241 e. The molecule has 1 heterocycles. The van der Waals surface area contributed by atoms with Crippen molar-refractivity contribution >= 4 is 11.8 Å². The van der Waals surface area contributed by atoms with Gasteiger partial charge in [0.05, 0.1) is 6.54 Å². The van der Waals surface area contributed by atoms with E-state index in [1.807, 2.05) is 6.92 Å². The van der Waals surface area contributed by atoms with E-state index in [-0.39, 0.29) is 24.4 Å². The number of nitrogens with zero attached hydrogens (tertiary/aromatic N) is 2. The minimum Gasteiger partial charge on any atom is -0.347 e. The van der Waals surface area contributed by atoms with Crippen molar-refractivity contribution in [2.75, 3.05) is 33.7 Å². The van der Waals surface area contributed by atoms with Gasteiger partial charge in [-0.2, -0.15) is 0 Å². The number of rotatable bonds is 6. The zero-order valence-corrected chi connectivity index (χ0v) is 12.4. The summed E-state index contributed by atoms with van der Waals surface area (Å²) in [6.07, 6.45) is 4.84. The molecular weight excluding hydrogens is 242 g/mol. The van der Waals surface area contributed by atoms with Gasteiger partial charge in [0.2, 0.25) is 11.8 Å². The second kappa shape index (κ2) is 8.15. The standard InChI is InChI=1S/C14H27N3O2/c1-4-9-17(11-14(19)16(2)3)13(18)10-12-7-5-6-8-15-12/h12,15H,4-11H2,1-3H3. The van der Waals surface area contributed by atoms with Gasteiger partial charge in [0.1, 0.15) is 0 Å². The van der Waals surface area contributed by atoms with Gasteiger partial charge in [0, 0.05) is 33.1 Å². The first-order chi connectivity index (χ1) is 9.04. The van der Waals surface area contributed by atoms with Gasteiger partial charge in [0.25, 0.3) is 0 Å². The molecule has 1 aliphatic heterocycles. The van der Waals surface area contributed by atoms with Crippen LogP contribution in [0.5, 0.6) is 0 Å². The Morgan fingerprint density at radius 2 is 1.95 bits per heavy atom. The fraction of sp³-hybridized carbons (Fsp3) is 0.857. The molecular formula is C14H27N3O2. The van der Waals surface area contributed by atoms with Crippen LogP contribution in [0.3, 0.4) is 0 Å². The number of nitrogens with one attached hydrogen (secondary N) is 1. The van der Waals surface area contributed by atoms with Crippen molar-refractivity contribution in [3.05, 3.63) is 0 Å². The van der Waals surface area contributed by atoms with Crippen LogP contribution in [0.4, 0.5) is 0 Å². The summed E-state index contributed by atoms with van der Waals surface area (Å²) in [5.74, 6) is 0.0786. The van der Waals surface area contributed by atoms with Crippen LogP contribution in [0.1, 0.15) is 39.0 Å². The number of likely N-dealkylation sites (N-methyl/N-ethyl adjacent to an activating group) is 1. The van der Waals surface area contributed by atoms with E-state index in [1.165, 1.54) is 17.7 Å². The lowest BCUT2D eigenvalue weighted by atomic mass is 10.0. The van der Waals surface area contributed by atoms with Gasteiger partial charge >= 0.3 is 0 Å². The molecule has 5 heteroatoms. The van der Waals surface area contributed by atoms with Crippen molar-refractivity contribution in [2.45, 2.75) is 45.1 Å². The first kappa shape index (κ1) is 16.0. The lowest BCUT2D eigenvalue weighted by Gasteiger charge is -2.28. The highest BCUT2D eigenvalue weighted by Gasteiger charge is 2.22. The summed E-state index contributed by atoms with van der Waals surface area (Å²) < 4.78 is 0. The molecule has 5 nitrogen and oxygen atoms in total. The molecule has 0 saturated carbocycles. The van der Waals surface area contributed by atoms with E-state index < -0.39 is 0 Å². The Balaban J connectivity index is 2.49. The molecule has 0 aromatic rings. The molecule has 1 aliphatic rings. The molecule has 19 heavy (non-hydrogen) atoms. The van der Waals surface area contributed by atoms with Gasteiger partial charge in [-0.1, -0.05) is 13.3 Å². The number of piperidine rings is 1. The van der Waals surface area contributed by atoms with Crippen molar-refractivity contribution in [1.29, 1.82) is 0 Å². The molecule has 0 bridgehead atoms. The van der Waals surface area contributed by atoms with Crippen LogP contribution >= 0.6 is 0 Å². The van der Waals surface area contributed by atoms with Crippen LogP contribution in [0, 0.1) is 0 Å². The molecule has 1 unspecified atom stereocenters. The third-order valence-electron chi connectivity index (χ3n) is 3.50. The van der Waals surface area contributed by atoms with Crippen LogP contribution in [0.15, 0.2) is 0 Å². The largest absolute Gasteiger partial charge is 0.347 e. The predicted molar refractivity (Wildman–Crippen MR) is 75.8 cm³/mol. The van der Waals surface area contributed by atoms with E-state index in [4.69, 9.17) is 0 Å². The number of hydrogen-bond acceptors (Lipinski definition) is 3. The Labute approximate surface area is 116 Å². The first-order valence-electron chi connectivity index (χ1n) is 7.26. The Kier molecular flexibility index (Phi) is 6.84. The molecule has 0 radical (unpaired) electrons. The smallest absolute Gasteiger partial charge is 0.241 e. The van der Waals surface area contributed by atoms with E-state index in [9.17, 15) is 9.59 Å². The zero-order chi connectivity index (χ0) is 14.3. The fourth-order valence-electron chi connectivity index (χ4n) is 2.30. The topological polar surface area (TPSA) is 52.7 Å². The van der Waals surface area contributed by atoms with Gasteiger partial charge < -0.3 is 15.1 Å². The average Bonchev–Trinajstić information content (AvgIpc) is 2.39. The zero-order valence-electron chi connectivity index (χ0n) is 12.4. The molecule has 0 aromatic carbocycles. The molecule has 1 fully saturated rings. The van der Waals surface area contributed by atoms with E-state index in [2.05, 4.69) is 5.32 Å². The highest BCUT2D eigenvalue weighted by Crippen LogP contribution is 2.11.